The fourth-order valence-electron chi connectivity index (χ4n) is 0.723. The number of rotatable bonds is 2. The zero-order chi connectivity index (χ0) is 7.40. The number of hydrogen-bond acceptors (Lipinski definition) is 1. The number of benzene rings is 1. The van der Waals surface area contributed by atoms with E-state index in [9.17, 15) is 4.55 Å². The van der Waals surface area contributed by atoms with Gasteiger partial charge in [-0.2, -0.15) is 0 Å². The number of hydrogen-bond donors (Lipinski definition) is 0. The molecule has 1 radical (unpaired) electrons. The van der Waals surface area contributed by atoms with Crippen molar-refractivity contribution in [3.8, 4) is 0 Å². The van der Waals surface area contributed by atoms with Gasteiger partial charge < -0.3 is 15.5 Å². The molecular formula is C7H12BO3S. The average molecular weight is 187 g/mol. The smallest absolute Gasteiger partial charge is 0.479 e. The molecule has 4 N–H and O–H groups in total. The van der Waals surface area contributed by atoms with Crippen molar-refractivity contribution in [1.82, 2.24) is 0 Å². The van der Waals surface area contributed by atoms with Gasteiger partial charge in [-0.3, -0.25) is 0 Å². The SMILES string of the molecule is C[S+]([O-])[B]c1ccccc1.O.O. The van der Waals surface area contributed by atoms with Crippen LogP contribution in [0.25, 0.3) is 0 Å². The monoisotopic (exact) mass is 187 g/mol. The van der Waals surface area contributed by atoms with Gasteiger partial charge in [0.05, 0.1) is 6.26 Å². The van der Waals surface area contributed by atoms with Crippen molar-refractivity contribution in [2.24, 2.45) is 0 Å². The summed E-state index contributed by atoms with van der Waals surface area (Å²) in [5.41, 5.74) is 1.02. The minimum Gasteiger partial charge on any atom is -0.635 e. The van der Waals surface area contributed by atoms with Crippen LogP contribution < -0.4 is 5.46 Å². The van der Waals surface area contributed by atoms with Crippen molar-refractivity contribution in [1.29, 1.82) is 0 Å². The molecule has 1 aromatic carbocycles. The van der Waals surface area contributed by atoms with Crippen LogP contribution in [0.15, 0.2) is 30.3 Å². The summed E-state index contributed by atoms with van der Waals surface area (Å²) in [6, 6.07) is 9.66. The maximum atomic E-state index is 10.7. The van der Waals surface area contributed by atoms with Gasteiger partial charge in [0, 0.05) is 0 Å². The van der Waals surface area contributed by atoms with E-state index in [4.69, 9.17) is 0 Å². The fraction of sp³-hybridized carbons (Fsp3) is 0.143. The summed E-state index contributed by atoms with van der Waals surface area (Å²) in [4.78, 5) is 0. The zero-order valence-electron chi connectivity index (χ0n) is 6.78. The molecular weight excluding hydrogens is 175 g/mol. The van der Waals surface area contributed by atoms with Gasteiger partial charge in [-0.15, -0.1) is 11.0 Å². The first kappa shape index (κ1) is 14.1. The lowest BCUT2D eigenvalue weighted by molar-refractivity contribution is 0.613. The highest BCUT2D eigenvalue weighted by Crippen LogP contribution is 1.84. The highest BCUT2D eigenvalue weighted by molar-refractivity contribution is 8.15. The molecule has 5 heteroatoms. The van der Waals surface area contributed by atoms with Crippen molar-refractivity contribution < 1.29 is 15.5 Å². The van der Waals surface area contributed by atoms with Gasteiger partial charge in [-0.05, 0) is 5.46 Å². The van der Waals surface area contributed by atoms with Gasteiger partial charge >= 0.3 is 6.56 Å². The van der Waals surface area contributed by atoms with E-state index in [1.165, 1.54) is 0 Å². The lowest BCUT2D eigenvalue weighted by Gasteiger charge is -2.00. The highest BCUT2D eigenvalue weighted by atomic mass is 32.2. The summed E-state index contributed by atoms with van der Waals surface area (Å²) >= 11 is -0.842. The summed E-state index contributed by atoms with van der Waals surface area (Å²) in [5.74, 6) is 0. The van der Waals surface area contributed by atoms with E-state index in [1.807, 2.05) is 30.3 Å². The minimum absolute atomic E-state index is 0. The third-order valence-electron chi connectivity index (χ3n) is 1.10. The van der Waals surface area contributed by atoms with E-state index in [-0.39, 0.29) is 11.0 Å². The molecule has 1 atom stereocenters. The van der Waals surface area contributed by atoms with Crippen LogP contribution in [0.3, 0.4) is 0 Å². The van der Waals surface area contributed by atoms with Crippen LogP contribution in [0.2, 0.25) is 0 Å². The predicted octanol–water partition coefficient (Wildman–Crippen LogP) is -1.34. The van der Waals surface area contributed by atoms with Gasteiger partial charge in [-0.1, -0.05) is 30.3 Å². The van der Waals surface area contributed by atoms with E-state index in [0.29, 0.717) is 0 Å². The molecule has 0 bridgehead atoms. The second kappa shape index (κ2) is 7.18. The van der Waals surface area contributed by atoms with Gasteiger partial charge in [0.1, 0.15) is 0 Å². The van der Waals surface area contributed by atoms with Crippen LogP contribution >= 0.6 is 0 Å². The maximum absolute atomic E-state index is 10.7. The second-order valence-electron chi connectivity index (χ2n) is 2.03. The summed E-state index contributed by atoms with van der Waals surface area (Å²) in [6.07, 6.45) is 1.66. The quantitative estimate of drug-likeness (QED) is 0.416. The first-order chi connectivity index (χ1) is 4.79. The van der Waals surface area contributed by atoms with Crippen molar-refractivity contribution in [3.05, 3.63) is 30.3 Å². The Morgan fingerprint density at radius 1 is 1.17 bits per heavy atom. The zero-order valence-corrected chi connectivity index (χ0v) is 7.60. The average Bonchev–Trinajstić information content (AvgIpc) is 1.88. The Bertz CT molecular complexity index is 193. The Morgan fingerprint density at radius 2 is 1.67 bits per heavy atom. The van der Waals surface area contributed by atoms with Crippen molar-refractivity contribution in [3.63, 3.8) is 0 Å². The van der Waals surface area contributed by atoms with Crippen molar-refractivity contribution >= 4 is 23.0 Å². The maximum Gasteiger partial charge on any atom is 0.479 e. The molecule has 0 aliphatic rings. The first-order valence-electron chi connectivity index (χ1n) is 3.01. The Balaban J connectivity index is 0. The van der Waals surface area contributed by atoms with Crippen molar-refractivity contribution in [2.75, 3.05) is 6.26 Å². The molecule has 0 aliphatic heterocycles. The van der Waals surface area contributed by atoms with E-state index < -0.39 is 11.0 Å². The third kappa shape index (κ3) is 5.20. The molecule has 1 unspecified atom stereocenters. The van der Waals surface area contributed by atoms with Crippen LogP contribution in [0.1, 0.15) is 0 Å². The lowest BCUT2D eigenvalue weighted by Crippen LogP contribution is -2.22. The third-order valence-corrected chi connectivity index (χ3v) is 1.71. The van der Waals surface area contributed by atoms with Gasteiger partial charge in [0.25, 0.3) is 0 Å². The standard InChI is InChI=1S/C7H8BOS.2H2O/c1-10(9)8-7-5-3-2-4-6-7;;/h2-6H,1H3;2*1H2. The summed E-state index contributed by atoms with van der Waals surface area (Å²) in [7, 11) is 0. The van der Waals surface area contributed by atoms with Crippen LogP contribution in [0.5, 0.6) is 0 Å². The minimum atomic E-state index is -0.842. The second-order valence-corrected chi connectivity index (χ2v) is 3.26. The molecule has 0 heterocycles. The first-order valence-corrected chi connectivity index (χ1v) is 4.63. The Hall–Kier alpha value is -0.485. The van der Waals surface area contributed by atoms with Crippen LogP contribution in [0.4, 0.5) is 0 Å². The molecule has 0 saturated carbocycles. The van der Waals surface area contributed by atoms with Gasteiger partial charge in [-0.25, -0.2) is 0 Å². The Kier molecular flexibility index (Phi) is 8.41. The van der Waals surface area contributed by atoms with Crippen LogP contribution in [-0.4, -0.2) is 28.3 Å². The van der Waals surface area contributed by atoms with Crippen molar-refractivity contribution in [2.45, 2.75) is 0 Å². The molecule has 12 heavy (non-hydrogen) atoms. The Labute approximate surface area is 75.7 Å². The molecule has 0 saturated heterocycles. The van der Waals surface area contributed by atoms with Crippen LogP contribution in [-0.2, 0) is 11.0 Å². The van der Waals surface area contributed by atoms with Gasteiger partial charge in [0.2, 0.25) is 0 Å². The molecule has 0 amide bonds. The Morgan fingerprint density at radius 3 is 2.08 bits per heavy atom. The molecule has 0 spiro atoms. The lowest BCUT2D eigenvalue weighted by atomic mass is 9.95. The summed E-state index contributed by atoms with van der Waals surface area (Å²) < 4.78 is 10.7. The summed E-state index contributed by atoms with van der Waals surface area (Å²) in [6.45, 7) is 1.72. The molecule has 67 valence electrons. The van der Waals surface area contributed by atoms with E-state index in [0.717, 1.165) is 5.46 Å². The fourth-order valence-corrected chi connectivity index (χ4v) is 1.26. The van der Waals surface area contributed by atoms with Crippen LogP contribution in [0, 0.1) is 0 Å². The molecule has 1 aromatic rings. The largest absolute Gasteiger partial charge is 0.635 e. The topological polar surface area (TPSA) is 86.1 Å². The van der Waals surface area contributed by atoms with Gasteiger partial charge in [0.15, 0.2) is 0 Å². The normalized spacial score (nSPS) is 10.5. The predicted molar refractivity (Wildman–Crippen MR) is 53.1 cm³/mol. The van der Waals surface area contributed by atoms with E-state index >= 15 is 0 Å². The molecule has 0 aromatic heterocycles. The summed E-state index contributed by atoms with van der Waals surface area (Å²) in [5, 5.41) is 0. The molecule has 0 aliphatic carbocycles. The molecule has 3 nitrogen and oxygen atoms in total. The molecule has 0 fully saturated rings. The van der Waals surface area contributed by atoms with E-state index in [1.54, 1.807) is 12.8 Å². The molecule has 1 rings (SSSR count). The van der Waals surface area contributed by atoms with E-state index in [2.05, 4.69) is 0 Å². The highest BCUT2D eigenvalue weighted by Gasteiger charge is 2.05.